The summed E-state index contributed by atoms with van der Waals surface area (Å²) in [6, 6.07) is 7.78. The van der Waals surface area contributed by atoms with Crippen LogP contribution in [-0.4, -0.2) is 20.0 Å². The molecule has 0 unspecified atom stereocenters. The highest BCUT2D eigenvalue weighted by Crippen LogP contribution is 2.20. The second kappa shape index (κ2) is 6.40. The molecule has 0 heterocycles. The molecule has 0 aliphatic heterocycles. The van der Waals surface area contributed by atoms with Crippen molar-refractivity contribution >= 4 is 6.29 Å². The van der Waals surface area contributed by atoms with E-state index in [0.29, 0.717) is 19.6 Å². The third kappa shape index (κ3) is 5.00. The Bertz CT molecular complexity index is 341. The van der Waals surface area contributed by atoms with Gasteiger partial charge in [-0.3, -0.25) is 0 Å². The van der Waals surface area contributed by atoms with Crippen molar-refractivity contribution in [1.29, 1.82) is 0 Å². The average molecular weight is 236 g/mol. The number of methoxy groups -OCH3 is 1. The molecule has 0 N–H and O–H groups in total. The van der Waals surface area contributed by atoms with Gasteiger partial charge in [0.15, 0.2) is 0 Å². The molecule has 0 aliphatic rings. The third-order valence-corrected chi connectivity index (χ3v) is 2.56. The fraction of sp³-hybridized carbons (Fsp3) is 0.500. The molecule has 3 heteroatoms. The largest absolute Gasteiger partial charge is 0.497 e. The molecule has 0 fully saturated rings. The predicted molar refractivity (Wildman–Crippen MR) is 67.1 cm³/mol. The van der Waals surface area contributed by atoms with E-state index in [1.54, 1.807) is 7.11 Å². The van der Waals surface area contributed by atoms with E-state index in [4.69, 9.17) is 9.47 Å². The SMILES string of the molecule is COc1ccc(COCC(C)(C)CC=O)cc1. The molecule has 1 rings (SSSR count). The predicted octanol–water partition coefficient (Wildman–Crippen LogP) is 2.83. The van der Waals surface area contributed by atoms with Gasteiger partial charge in [0.2, 0.25) is 0 Å². The lowest BCUT2D eigenvalue weighted by atomic mass is 9.91. The lowest BCUT2D eigenvalue weighted by Crippen LogP contribution is -2.19. The second-order valence-electron chi connectivity index (χ2n) is 4.88. The molecular weight excluding hydrogens is 216 g/mol. The number of aldehydes is 1. The Morgan fingerprint density at radius 2 is 1.88 bits per heavy atom. The smallest absolute Gasteiger partial charge is 0.120 e. The number of carbonyl (C=O) groups is 1. The summed E-state index contributed by atoms with van der Waals surface area (Å²) in [7, 11) is 1.65. The first-order chi connectivity index (χ1) is 8.07. The summed E-state index contributed by atoms with van der Waals surface area (Å²) in [6.07, 6.45) is 1.46. The number of hydrogen-bond donors (Lipinski definition) is 0. The molecule has 0 saturated carbocycles. The Hall–Kier alpha value is -1.35. The van der Waals surface area contributed by atoms with E-state index in [2.05, 4.69) is 0 Å². The highest BCUT2D eigenvalue weighted by molar-refractivity contribution is 5.50. The molecule has 0 aliphatic carbocycles. The van der Waals surface area contributed by atoms with E-state index < -0.39 is 0 Å². The van der Waals surface area contributed by atoms with Gasteiger partial charge in [0.25, 0.3) is 0 Å². The van der Waals surface area contributed by atoms with Gasteiger partial charge >= 0.3 is 0 Å². The van der Waals surface area contributed by atoms with Crippen LogP contribution in [0.5, 0.6) is 5.75 Å². The van der Waals surface area contributed by atoms with Crippen molar-refractivity contribution in [2.75, 3.05) is 13.7 Å². The highest BCUT2D eigenvalue weighted by Gasteiger charge is 2.17. The van der Waals surface area contributed by atoms with Crippen molar-refractivity contribution in [2.45, 2.75) is 26.9 Å². The molecule has 0 atom stereocenters. The quantitative estimate of drug-likeness (QED) is 0.683. The maximum Gasteiger partial charge on any atom is 0.120 e. The standard InChI is InChI=1S/C14H20O3/c1-14(2,8-9-15)11-17-10-12-4-6-13(16-3)7-5-12/h4-7,9H,8,10-11H2,1-3H3. The molecule has 0 aromatic heterocycles. The number of carbonyl (C=O) groups excluding carboxylic acids is 1. The minimum absolute atomic E-state index is 0.0891. The summed E-state index contributed by atoms with van der Waals surface area (Å²) in [5.74, 6) is 0.843. The number of rotatable bonds is 7. The van der Waals surface area contributed by atoms with E-state index in [1.807, 2.05) is 38.1 Å². The van der Waals surface area contributed by atoms with Crippen LogP contribution in [0.25, 0.3) is 0 Å². The van der Waals surface area contributed by atoms with Crippen LogP contribution in [-0.2, 0) is 16.1 Å². The Labute approximate surface area is 103 Å². The molecule has 0 saturated heterocycles. The number of hydrogen-bond acceptors (Lipinski definition) is 3. The van der Waals surface area contributed by atoms with Gasteiger partial charge in [-0.25, -0.2) is 0 Å². The second-order valence-corrected chi connectivity index (χ2v) is 4.88. The van der Waals surface area contributed by atoms with E-state index in [9.17, 15) is 4.79 Å². The summed E-state index contributed by atoms with van der Waals surface area (Å²) < 4.78 is 10.7. The topological polar surface area (TPSA) is 35.5 Å². The fourth-order valence-corrected chi connectivity index (χ4v) is 1.45. The zero-order chi connectivity index (χ0) is 12.7. The van der Waals surface area contributed by atoms with Gasteiger partial charge in [0.1, 0.15) is 12.0 Å². The fourth-order valence-electron chi connectivity index (χ4n) is 1.45. The van der Waals surface area contributed by atoms with Gasteiger partial charge < -0.3 is 14.3 Å². The Balaban J connectivity index is 2.37. The Morgan fingerprint density at radius 1 is 1.24 bits per heavy atom. The minimum atomic E-state index is -0.0891. The minimum Gasteiger partial charge on any atom is -0.497 e. The summed E-state index contributed by atoms with van der Waals surface area (Å²) in [5, 5.41) is 0. The third-order valence-electron chi connectivity index (χ3n) is 2.56. The molecule has 0 bridgehead atoms. The lowest BCUT2D eigenvalue weighted by Gasteiger charge is -2.21. The van der Waals surface area contributed by atoms with Crippen LogP contribution >= 0.6 is 0 Å². The molecule has 3 nitrogen and oxygen atoms in total. The molecule has 94 valence electrons. The van der Waals surface area contributed by atoms with Crippen LogP contribution in [0, 0.1) is 5.41 Å². The number of benzene rings is 1. The first-order valence-electron chi connectivity index (χ1n) is 5.72. The van der Waals surface area contributed by atoms with Crippen LogP contribution in [0.3, 0.4) is 0 Å². The first kappa shape index (κ1) is 13.7. The zero-order valence-electron chi connectivity index (χ0n) is 10.7. The van der Waals surface area contributed by atoms with E-state index in [0.717, 1.165) is 17.6 Å². The van der Waals surface area contributed by atoms with Crippen molar-refractivity contribution in [3.8, 4) is 5.75 Å². The molecule has 0 amide bonds. The maximum absolute atomic E-state index is 10.5. The van der Waals surface area contributed by atoms with Crippen molar-refractivity contribution in [3.05, 3.63) is 29.8 Å². The first-order valence-corrected chi connectivity index (χ1v) is 5.72. The average Bonchev–Trinajstić information content (AvgIpc) is 2.29. The van der Waals surface area contributed by atoms with Crippen LogP contribution in [0.1, 0.15) is 25.8 Å². The Morgan fingerprint density at radius 3 is 2.41 bits per heavy atom. The van der Waals surface area contributed by atoms with Gasteiger partial charge in [-0.1, -0.05) is 26.0 Å². The van der Waals surface area contributed by atoms with Gasteiger partial charge in [-0.05, 0) is 23.1 Å². The molecular formula is C14H20O3. The molecule has 0 spiro atoms. The van der Waals surface area contributed by atoms with Crippen LogP contribution < -0.4 is 4.74 Å². The normalized spacial score (nSPS) is 11.2. The van der Waals surface area contributed by atoms with Crippen molar-refractivity contribution < 1.29 is 14.3 Å². The van der Waals surface area contributed by atoms with Crippen molar-refractivity contribution in [3.63, 3.8) is 0 Å². The monoisotopic (exact) mass is 236 g/mol. The summed E-state index contributed by atoms with van der Waals surface area (Å²) in [5.41, 5.74) is 1.02. The van der Waals surface area contributed by atoms with E-state index >= 15 is 0 Å². The Kier molecular flexibility index (Phi) is 5.16. The number of ether oxygens (including phenoxy) is 2. The molecule has 0 radical (unpaired) electrons. The maximum atomic E-state index is 10.5. The molecule has 1 aromatic carbocycles. The molecule has 1 aromatic rings. The summed E-state index contributed by atoms with van der Waals surface area (Å²) in [4.78, 5) is 10.5. The lowest BCUT2D eigenvalue weighted by molar-refractivity contribution is -0.110. The van der Waals surface area contributed by atoms with Gasteiger partial charge in [0.05, 0.1) is 20.3 Å². The summed E-state index contributed by atoms with van der Waals surface area (Å²) >= 11 is 0. The van der Waals surface area contributed by atoms with Gasteiger partial charge in [-0.15, -0.1) is 0 Å². The molecule has 17 heavy (non-hydrogen) atoms. The summed E-state index contributed by atoms with van der Waals surface area (Å²) in [6.45, 7) is 5.19. The van der Waals surface area contributed by atoms with E-state index in [-0.39, 0.29) is 5.41 Å². The zero-order valence-corrected chi connectivity index (χ0v) is 10.7. The van der Waals surface area contributed by atoms with Crippen LogP contribution in [0.2, 0.25) is 0 Å². The van der Waals surface area contributed by atoms with Gasteiger partial charge in [-0.2, -0.15) is 0 Å². The van der Waals surface area contributed by atoms with E-state index in [1.165, 1.54) is 0 Å². The van der Waals surface area contributed by atoms with Crippen LogP contribution in [0.15, 0.2) is 24.3 Å². The highest BCUT2D eigenvalue weighted by atomic mass is 16.5. The van der Waals surface area contributed by atoms with Gasteiger partial charge in [0, 0.05) is 6.42 Å². The van der Waals surface area contributed by atoms with Crippen molar-refractivity contribution in [2.24, 2.45) is 5.41 Å². The van der Waals surface area contributed by atoms with Crippen LogP contribution in [0.4, 0.5) is 0 Å². The van der Waals surface area contributed by atoms with Crippen molar-refractivity contribution in [1.82, 2.24) is 0 Å².